The highest BCUT2D eigenvalue weighted by atomic mass is 16.5. The number of Topliss-reactive ketones (excluding diaryl/α,β-unsaturated/α-hetero) is 1. The fraction of sp³-hybridized carbons (Fsp3) is 0.500. The molecular formula is C30H41NO10. The molecule has 1 saturated heterocycles. The van der Waals surface area contributed by atoms with Crippen LogP contribution in [0.4, 0.5) is 0 Å². The third-order valence-corrected chi connectivity index (χ3v) is 6.68. The summed E-state index contributed by atoms with van der Waals surface area (Å²) >= 11 is 0. The molecule has 2 aromatic carbocycles. The lowest BCUT2D eigenvalue weighted by atomic mass is 10.0. The Kier molecular flexibility index (Phi) is 13.7. The quantitative estimate of drug-likeness (QED) is 0.114. The number of hydrogen-bond acceptors (Lipinski definition) is 11. The molecule has 0 saturated carbocycles. The van der Waals surface area contributed by atoms with Crippen molar-refractivity contribution in [1.29, 1.82) is 0 Å². The Labute approximate surface area is 241 Å². The van der Waals surface area contributed by atoms with Crippen LogP contribution in [0.5, 0.6) is 34.5 Å². The van der Waals surface area contributed by atoms with Crippen LogP contribution in [0.25, 0.3) is 0 Å². The zero-order valence-electron chi connectivity index (χ0n) is 24.9. The van der Waals surface area contributed by atoms with Crippen molar-refractivity contribution in [3.05, 3.63) is 35.4 Å². The molecule has 0 bridgehead atoms. The SMILES string of the molecule is COc1cc(C(=O)C=O)cc(OC)c1OC.COc1cc(CCCOC(=O)C2CCCCN2C)cc(OC)c1OC. The van der Waals surface area contributed by atoms with Crippen LogP contribution < -0.4 is 28.4 Å². The number of hydrogen-bond donors (Lipinski definition) is 0. The number of ketones is 1. The Hall–Kier alpha value is -3.99. The number of methoxy groups -OCH3 is 6. The Morgan fingerprint density at radius 3 is 1.76 bits per heavy atom. The van der Waals surface area contributed by atoms with Gasteiger partial charge < -0.3 is 33.2 Å². The fourth-order valence-corrected chi connectivity index (χ4v) is 4.49. The summed E-state index contributed by atoms with van der Waals surface area (Å²) in [6.07, 6.45) is 4.89. The van der Waals surface area contributed by atoms with E-state index in [1.807, 2.05) is 19.2 Å². The van der Waals surface area contributed by atoms with Gasteiger partial charge in [-0.2, -0.15) is 0 Å². The molecule has 41 heavy (non-hydrogen) atoms. The maximum Gasteiger partial charge on any atom is 0.323 e. The maximum atomic E-state index is 12.2. The Morgan fingerprint density at radius 2 is 1.32 bits per heavy atom. The van der Waals surface area contributed by atoms with E-state index in [9.17, 15) is 14.4 Å². The van der Waals surface area contributed by atoms with E-state index < -0.39 is 5.78 Å². The summed E-state index contributed by atoms with van der Waals surface area (Å²) < 4.78 is 36.7. The van der Waals surface area contributed by atoms with E-state index in [1.54, 1.807) is 21.3 Å². The van der Waals surface area contributed by atoms with Crippen molar-refractivity contribution in [1.82, 2.24) is 4.90 Å². The number of likely N-dealkylation sites (N-methyl/N-ethyl adjacent to an activating group) is 1. The minimum atomic E-state index is -0.640. The number of esters is 1. The van der Waals surface area contributed by atoms with Gasteiger partial charge in [0.05, 0.1) is 49.3 Å². The van der Waals surface area contributed by atoms with Gasteiger partial charge in [-0.3, -0.25) is 19.3 Å². The molecule has 11 heteroatoms. The average Bonchev–Trinajstić information content (AvgIpc) is 3.01. The number of carbonyl (C=O) groups excluding carboxylic acids is 3. The highest BCUT2D eigenvalue weighted by molar-refractivity contribution is 6.33. The van der Waals surface area contributed by atoms with Crippen LogP contribution >= 0.6 is 0 Å². The van der Waals surface area contributed by atoms with Gasteiger partial charge in [0.1, 0.15) is 6.04 Å². The number of carbonyl (C=O) groups is 3. The Morgan fingerprint density at radius 1 is 0.805 bits per heavy atom. The minimum absolute atomic E-state index is 0.0880. The van der Waals surface area contributed by atoms with Gasteiger partial charge in [0, 0.05) is 5.56 Å². The first-order valence-electron chi connectivity index (χ1n) is 13.2. The van der Waals surface area contributed by atoms with Gasteiger partial charge >= 0.3 is 5.97 Å². The van der Waals surface area contributed by atoms with E-state index >= 15 is 0 Å². The van der Waals surface area contributed by atoms with E-state index in [-0.39, 0.29) is 23.9 Å². The average molecular weight is 576 g/mol. The lowest BCUT2D eigenvalue weighted by Gasteiger charge is -2.30. The number of ether oxygens (including phenoxy) is 7. The van der Waals surface area contributed by atoms with E-state index in [1.165, 1.54) is 33.5 Å². The number of aldehydes is 1. The van der Waals surface area contributed by atoms with Crippen molar-refractivity contribution in [2.24, 2.45) is 0 Å². The molecule has 1 aliphatic heterocycles. The molecular weight excluding hydrogens is 534 g/mol. The topological polar surface area (TPSA) is 119 Å². The van der Waals surface area contributed by atoms with Crippen LogP contribution in [-0.4, -0.2) is 91.8 Å². The molecule has 1 fully saturated rings. The lowest BCUT2D eigenvalue weighted by molar-refractivity contribution is -0.150. The molecule has 0 amide bonds. The van der Waals surface area contributed by atoms with Crippen molar-refractivity contribution < 1.29 is 47.5 Å². The number of piperidine rings is 1. The highest BCUT2D eigenvalue weighted by Gasteiger charge is 2.27. The van der Waals surface area contributed by atoms with E-state index in [0.29, 0.717) is 41.1 Å². The smallest absolute Gasteiger partial charge is 0.323 e. The van der Waals surface area contributed by atoms with E-state index in [4.69, 9.17) is 33.2 Å². The second-order valence-corrected chi connectivity index (χ2v) is 9.19. The van der Waals surface area contributed by atoms with Crippen molar-refractivity contribution >= 4 is 18.0 Å². The number of aryl methyl sites for hydroxylation is 1. The normalized spacial score (nSPS) is 14.6. The van der Waals surface area contributed by atoms with Gasteiger partial charge in [-0.25, -0.2) is 0 Å². The fourth-order valence-electron chi connectivity index (χ4n) is 4.49. The summed E-state index contributed by atoms with van der Waals surface area (Å²) in [6, 6.07) is 6.63. The predicted molar refractivity (Wildman–Crippen MR) is 152 cm³/mol. The first kappa shape index (κ1) is 33.2. The molecule has 1 aliphatic rings. The molecule has 3 rings (SSSR count). The summed E-state index contributed by atoms with van der Waals surface area (Å²) in [4.78, 5) is 35.9. The number of rotatable bonds is 13. The van der Waals surface area contributed by atoms with Crippen molar-refractivity contribution in [2.45, 2.75) is 38.1 Å². The van der Waals surface area contributed by atoms with Gasteiger partial charge in [-0.05, 0) is 69.1 Å². The second kappa shape index (κ2) is 17.0. The maximum absolute atomic E-state index is 12.2. The van der Waals surface area contributed by atoms with Crippen LogP contribution in [0.15, 0.2) is 24.3 Å². The third-order valence-electron chi connectivity index (χ3n) is 6.68. The third kappa shape index (κ3) is 9.01. The van der Waals surface area contributed by atoms with Crippen LogP contribution in [0, 0.1) is 0 Å². The molecule has 1 heterocycles. The van der Waals surface area contributed by atoms with Gasteiger partial charge in [-0.1, -0.05) is 6.42 Å². The van der Waals surface area contributed by atoms with Gasteiger partial charge in [0.25, 0.3) is 0 Å². The molecule has 1 unspecified atom stereocenters. The van der Waals surface area contributed by atoms with Gasteiger partial charge in [0.2, 0.25) is 17.3 Å². The predicted octanol–water partition coefficient (Wildman–Crippen LogP) is 3.77. The molecule has 0 N–H and O–H groups in total. The number of nitrogens with zero attached hydrogens (tertiary/aromatic N) is 1. The largest absolute Gasteiger partial charge is 0.493 e. The van der Waals surface area contributed by atoms with Crippen LogP contribution in [0.2, 0.25) is 0 Å². The molecule has 0 spiro atoms. The number of benzene rings is 2. The molecule has 2 aromatic rings. The van der Waals surface area contributed by atoms with E-state index in [2.05, 4.69) is 4.90 Å². The summed E-state index contributed by atoms with van der Waals surface area (Å²) in [5, 5.41) is 0. The summed E-state index contributed by atoms with van der Waals surface area (Å²) in [5.41, 5.74) is 1.25. The second-order valence-electron chi connectivity index (χ2n) is 9.19. The number of likely N-dealkylation sites (tertiary alicyclic amines) is 1. The van der Waals surface area contributed by atoms with Crippen molar-refractivity contribution in [3.63, 3.8) is 0 Å². The summed E-state index contributed by atoms with van der Waals surface area (Å²) in [5.74, 6) is 2.17. The van der Waals surface area contributed by atoms with Crippen LogP contribution in [0.3, 0.4) is 0 Å². The molecule has 226 valence electrons. The highest BCUT2D eigenvalue weighted by Crippen LogP contribution is 2.39. The zero-order valence-corrected chi connectivity index (χ0v) is 24.9. The van der Waals surface area contributed by atoms with Crippen LogP contribution in [-0.2, 0) is 20.7 Å². The monoisotopic (exact) mass is 575 g/mol. The van der Waals surface area contributed by atoms with Crippen molar-refractivity contribution in [3.8, 4) is 34.5 Å². The van der Waals surface area contributed by atoms with Crippen LogP contribution in [0.1, 0.15) is 41.6 Å². The molecule has 0 aromatic heterocycles. The summed E-state index contributed by atoms with van der Waals surface area (Å²) in [7, 11) is 11.1. The Bertz CT molecular complexity index is 1120. The molecule has 0 aliphatic carbocycles. The van der Waals surface area contributed by atoms with Crippen molar-refractivity contribution in [2.75, 3.05) is 62.9 Å². The first-order chi connectivity index (χ1) is 19.8. The Balaban J connectivity index is 0.000000317. The first-order valence-corrected chi connectivity index (χ1v) is 13.2. The minimum Gasteiger partial charge on any atom is -0.493 e. The lowest BCUT2D eigenvalue weighted by Crippen LogP contribution is -2.43. The summed E-state index contributed by atoms with van der Waals surface area (Å²) in [6.45, 7) is 1.38. The molecule has 0 radical (unpaired) electrons. The molecule has 11 nitrogen and oxygen atoms in total. The van der Waals surface area contributed by atoms with Gasteiger partial charge in [-0.15, -0.1) is 0 Å². The van der Waals surface area contributed by atoms with E-state index in [0.717, 1.165) is 44.2 Å². The van der Waals surface area contributed by atoms with Gasteiger partial charge in [0.15, 0.2) is 29.3 Å². The zero-order chi connectivity index (χ0) is 30.4. The standard InChI is InChI=1S/C19H29NO5.C11H12O5/c1-20-10-6-5-9-15(20)19(21)25-11-7-8-14-12-16(22-2)18(24-4)17(13-14)23-3;1-14-9-4-7(8(13)6-12)5-10(15-2)11(9)16-3/h12-13,15H,5-11H2,1-4H3;4-6H,1-3H3. The molecule has 1 atom stereocenters.